The van der Waals surface area contributed by atoms with Crippen LogP contribution in [0, 0.1) is 13.8 Å². The third-order valence-electron chi connectivity index (χ3n) is 5.19. The van der Waals surface area contributed by atoms with Gasteiger partial charge in [0.05, 0.1) is 18.5 Å². The number of carbonyl (C=O) groups excluding carboxylic acids is 2. The Labute approximate surface area is 169 Å². The number of aromatic amines is 1. The van der Waals surface area contributed by atoms with E-state index in [0.717, 1.165) is 23.6 Å². The fourth-order valence-corrected chi connectivity index (χ4v) is 3.72. The summed E-state index contributed by atoms with van der Waals surface area (Å²) in [5, 5.41) is 8.14. The van der Waals surface area contributed by atoms with E-state index in [1.54, 1.807) is 18.4 Å². The van der Waals surface area contributed by atoms with Crippen LogP contribution in [-0.2, 0) is 6.54 Å². The molecule has 0 aliphatic rings. The predicted molar refractivity (Wildman–Crippen MR) is 106 cm³/mol. The van der Waals surface area contributed by atoms with Crippen LogP contribution in [0.2, 0.25) is 0 Å². The molecule has 2 atom stereocenters. The summed E-state index contributed by atoms with van der Waals surface area (Å²) in [6, 6.07) is 3.17. The van der Waals surface area contributed by atoms with Crippen LogP contribution in [-0.4, -0.2) is 39.3 Å². The van der Waals surface area contributed by atoms with Crippen molar-refractivity contribution >= 4 is 11.6 Å². The minimum absolute atomic E-state index is 0.0349. The maximum atomic E-state index is 13.2. The van der Waals surface area contributed by atoms with Crippen LogP contribution < -0.4 is 4.90 Å². The first-order chi connectivity index (χ1) is 13.8. The lowest BCUT2D eigenvalue weighted by molar-refractivity contribution is -0.928. The fraction of sp³-hybridized carbons (Fsp3) is 0.429. The largest absolute Gasteiger partial charge is 0.459 e. The van der Waals surface area contributed by atoms with Crippen LogP contribution in [0.4, 0.5) is 0 Å². The maximum Gasteiger partial charge on any atom is 0.283 e. The Morgan fingerprint density at radius 1 is 1.28 bits per heavy atom. The van der Waals surface area contributed by atoms with E-state index in [4.69, 9.17) is 8.83 Å². The number of Topliss-reactive ketones (excluding diaryl/α,β-unsaturated/α-hetero) is 2. The Bertz CT molecular complexity index is 1000. The molecule has 0 radical (unpaired) electrons. The lowest BCUT2D eigenvalue weighted by Crippen LogP contribution is -3.15. The van der Waals surface area contributed by atoms with Crippen molar-refractivity contribution < 1.29 is 23.3 Å². The summed E-state index contributed by atoms with van der Waals surface area (Å²) < 4.78 is 11.0. The summed E-state index contributed by atoms with van der Waals surface area (Å²) in [6.07, 6.45) is 2.44. The molecule has 29 heavy (non-hydrogen) atoms. The second-order valence-electron chi connectivity index (χ2n) is 7.33. The Balaban J connectivity index is 1.81. The average Bonchev–Trinajstić information content (AvgIpc) is 3.40. The summed E-state index contributed by atoms with van der Waals surface area (Å²) in [7, 11) is 0. The number of H-pyrrole nitrogens is 1. The van der Waals surface area contributed by atoms with Crippen LogP contribution in [0.25, 0.3) is 11.7 Å². The third-order valence-corrected chi connectivity index (χ3v) is 5.19. The number of ketones is 2. The molecule has 3 aromatic rings. The SMILES string of the molecule is CCC[NH+](Cc1nnc(-c2ccco2)o1)[C@H](C)C(=O)c1[nH]c(C)c(C(C)=O)c1C. The van der Waals surface area contributed by atoms with Gasteiger partial charge in [-0.1, -0.05) is 6.92 Å². The number of aryl methyl sites for hydroxylation is 1. The Morgan fingerprint density at radius 2 is 2.03 bits per heavy atom. The molecule has 8 heteroatoms. The topological polar surface area (TPSA) is 106 Å². The van der Waals surface area contributed by atoms with Gasteiger partial charge in [0.1, 0.15) is 0 Å². The molecule has 8 nitrogen and oxygen atoms in total. The third kappa shape index (κ3) is 4.22. The summed E-state index contributed by atoms with van der Waals surface area (Å²) in [5.41, 5.74) is 2.52. The molecule has 1 unspecified atom stereocenters. The smallest absolute Gasteiger partial charge is 0.283 e. The number of aromatic nitrogens is 3. The lowest BCUT2D eigenvalue weighted by Gasteiger charge is -2.23. The standard InChI is InChI=1S/C21H26N4O4/c1-6-9-25(11-17-23-24-21(29-17)16-8-7-10-28-16)14(4)20(27)19-12(2)18(15(5)26)13(3)22-19/h7-8,10,14,22H,6,9,11H2,1-5H3/p+1/t14-/m1/s1. The van der Waals surface area contributed by atoms with Gasteiger partial charge in [-0.15, -0.1) is 10.2 Å². The highest BCUT2D eigenvalue weighted by Gasteiger charge is 2.31. The van der Waals surface area contributed by atoms with Crippen molar-refractivity contribution in [2.45, 2.75) is 53.6 Å². The molecule has 0 aliphatic carbocycles. The lowest BCUT2D eigenvalue weighted by atomic mass is 10.0. The van der Waals surface area contributed by atoms with Crippen LogP contribution in [0.5, 0.6) is 0 Å². The quantitative estimate of drug-likeness (QED) is 0.536. The number of hydrogen-bond donors (Lipinski definition) is 2. The normalized spacial score (nSPS) is 13.4. The van der Waals surface area contributed by atoms with Gasteiger partial charge in [-0.2, -0.15) is 0 Å². The number of nitrogens with zero attached hydrogens (tertiary/aromatic N) is 2. The van der Waals surface area contributed by atoms with Gasteiger partial charge >= 0.3 is 0 Å². The van der Waals surface area contributed by atoms with Gasteiger partial charge < -0.3 is 18.7 Å². The average molecular weight is 399 g/mol. The van der Waals surface area contributed by atoms with Crippen molar-refractivity contribution in [3.8, 4) is 11.7 Å². The van der Waals surface area contributed by atoms with Gasteiger partial charge in [0, 0.05) is 11.3 Å². The molecule has 0 fully saturated rings. The molecule has 0 bridgehead atoms. The minimum Gasteiger partial charge on any atom is -0.459 e. The van der Waals surface area contributed by atoms with Gasteiger partial charge in [-0.25, -0.2) is 0 Å². The molecule has 3 heterocycles. The van der Waals surface area contributed by atoms with Crippen molar-refractivity contribution in [3.63, 3.8) is 0 Å². The zero-order valence-corrected chi connectivity index (χ0v) is 17.5. The van der Waals surface area contributed by atoms with Crippen molar-refractivity contribution in [2.75, 3.05) is 6.54 Å². The first-order valence-corrected chi connectivity index (χ1v) is 9.78. The summed E-state index contributed by atoms with van der Waals surface area (Å²) in [4.78, 5) is 29.2. The van der Waals surface area contributed by atoms with E-state index < -0.39 is 0 Å². The molecule has 2 N–H and O–H groups in total. The summed E-state index contributed by atoms with van der Waals surface area (Å²) >= 11 is 0. The van der Waals surface area contributed by atoms with Crippen LogP contribution in [0.3, 0.4) is 0 Å². The molecule has 3 aromatic heterocycles. The van der Waals surface area contributed by atoms with E-state index in [1.165, 1.54) is 6.92 Å². The monoisotopic (exact) mass is 399 g/mol. The fourth-order valence-electron chi connectivity index (χ4n) is 3.72. The highest BCUT2D eigenvalue weighted by atomic mass is 16.4. The van der Waals surface area contributed by atoms with E-state index in [2.05, 4.69) is 22.1 Å². The Morgan fingerprint density at radius 3 is 2.62 bits per heavy atom. The highest BCUT2D eigenvalue weighted by Crippen LogP contribution is 2.20. The molecular weight excluding hydrogens is 372 g/mol. The van der Waals surface area contributed by atoms with Gasteiger partial charge in [0.15, 0.2) is 24.1 Å². The maximum absolute atomic E-state index is 13.2. The molecule has 0 amide bonds. The first-order valence-electron chi connectivity index (χ1n) is 9.78. The molecular formula is C21H27N4O4+. The number of furan rings is 1. The molecule has 0 saturated carbocycles. The Kier molecular flexibility index (Phi) is 6.12. The molecule has 0 spiro atoms. The highest BCUT2D eigenvalue weighted by molar-refractivity contribution is 6.04. The van der Waals surface area contributed by atoms with Crippen LogP contribution in [0.1, 0.15) is 65.2 Å². The van der Waals surface area contributed by atoms with Gasteiger partial charge in [-0.3, -0.25) is 9.59 Å². The molecule has 0 saturated heterocycles. The van der Waals surface area contributed by atoms with Crippen molar-refractivity contribution in [1.82, 2.24) is 15.2 Å². The van der Waals surface area contributed by atoms with Crippen LogP contribution in [0.15, 0.2) is 27.2 Å². The number of rotatable bonds is 9. The van der Waals surface area contributed by atoms with E-state index in [1.807, 2.05) is 20.8 Å². The van der Waals surface area contributed by atoms with Gasteiger partial charge in [0.25, 0.3) is 11.8 Å². The van der Waals surface area contributed by atoms with E-state index in [-0.39, 0.29) is 17.6 Å². The van der Waals surface area contributed by atoms with Gasteiger partial charge in [-0.05, 0) is 51.8 Å². The van der Waals surface area contributed by atoms with Crippen molar-refractivity contribution in [3.05, 3.63) is 46.8 Å². The minimum atomic E-state index is -0.342. The molecule has 3 rings (SSSR count). The number of hydrogen-bond acceptors (Lipinski definition) is 6. The van der Waals surface area contributed by atoms with E-state index in [9.17, 15) is 9.59 Å². The van der Waals surface area contributed by atoms with E-state index >= 15 is 0 Å². The van der Waals surface area contributed by atoms with E-state index in [0.29, 0.717) is 40.9 Å². The number of carbonyl (C=O) groups is 2. The Hall–Kier alpha value is -3.00. The number of quaternary nitrogens is 1. The second-order valence-corrected chi connectivity index (χ2v) is 7.33. The first kappa shape index (κ1) is 20.7. The van der Waals surface area contributed by atoms with Crippen molar-refractivity contribution in [2.24, 2.45) is 0 Å². The number of nitrogens with one attached hydrogen (secondary N) is 2. The molecule has 0 aromatic carbocycles. The summed E-state index contributed by atoms with van der Waals surface area (Å²) in [5.74, 6) is 1.20. The van der Waals surface area contributed by atoms with Crippen LogP contribution >= 0.6 is 0 Å². The zero-order chi connectivity index (χ0) is 21.1. The molecule has 0 aliphatic heterocycles. The van der Waals surface area contributed by atoms with Gasteiger partial charge in [0.2, 0.25) is 5.78 Å². The summed E-state index contributed by atoms with van der Waals surface area (Å²) in [6.45, 7) is 10.3. The zero-order valence-electron chi connectivity index (χ0n) is 17.5. The second kappa shape index (κ2) is 8.57. The predicted octanol–water partition coefficient (Wildman–Crippen LogP) is 2.54. The van der Waals surface area contributed by atoms with Crippen molar-refractivity contribution in [1.29, 1.82) is 0 Å². The molecule has 154 valence electrons.